The van der Waals surface area contributed by atoms with E-state index in [9.17, 15) is 14.7 Å². The van der Waals surface area contributed by atoms with E-state index in [2.05, 4.69) is 49.4 Å². The van der Waals surface area contributed by atoms with Gasteiger partial charge in [0, 0.05) is 18.3 Å². The van der Waals surface area contributed by atoms with E-state index in [1.807, 2.05) is 43.0 Å². The van der Waals surface area contributed by atoms with Gasteiger partial charge in [0.25, 0.3) is 5.91 Å². The first-order chi connectivity index (χ1) is 16.8. The van der Waals surface area contributed by atoms with Gasteiger partial charge < -0.3 is 10.0 Å². The molecule has 35 heavy (non-hydrogen) atoms. The molecule has 2 heterocycles. The normalized spacial score (nSPS) is 15.7. The van der Waals surface area contributed by atoms with Crippen LogP contribution in [-0.4, -0.2) is 44.8 Å². The lowest BCUT2D eigenvalue weighted by Crippen LogP contribution is -2.64. The van der Waals surface area contributed by atoms with Gasteiger partial charge in [-0.1, -0.05) is 48.5 Å². The summed E-state index contributed by atoms with van der Waals surface area (Å²) in [5.74, 6) is 0.0173. The molecule has 0 bridgehead atoms. The van der Waals surface area contributed by atoms with Crippen molar-refractivity contribution in [2.75, 3.05) is 17.0 Å². The molecule has 1 aliphatic rings. The van der Waals surface area contributed by atoms with Crippen LogP contribution < -0.4 is 10.4 Å². The van der Waals surface area contributed by atoms with Crippen molar-refractivity contribution >= 4 is 17.7 Å². The van der Waals surface area contributed by atoms with Crippen LogP contribution >= 0.6 is 11.8 Å². The minimum atomic E-state index is -0.556. The number of aromatic hydroxyl groups is 1. The zero-order valence-electron chi connectivity index (χ0n) is 20.9. The minimum absolute atomic E-state index is 0.0127. The van der Waals surface area contributed by atoms with Gasteiger partial charge >= 0.3 is 0 Å². The number of carbonyl (C=O) groups is 1. The van der Waals surface area contributed by atoms with Crippen molar-refractivity contribution < 1.29 is 9.90 Å². The molecule has 4 rings (SSSR count). The van der Waals surface area contributed by atoms with Crippen LogP contribution in [0.25, 0.3) is 0 Å². The van der Waals surface area contributed by atoms with Crippen LogP contribution in [0, 0.1) is 13.8 Å². The Morgan fingerprint density at radius 1 is 0.943 bits per heavy atom. The van der Waals surface area contributed by atoms with Crippen molar-refractivity contribution in [2.45, 2.75) is 52.4 Å². The Kier molecular flexibility index (Phi) is 7.26. The van der Waals surface area contributed by atoms with Crippen LogP contribution in [0.3, 0.4) is 0 Å². The maximum Gasteiger partial charge on any atom is 0.278 e. The van der Waals surface area contributed by atoms with Gasteiger partial charge in [-0.25, -0.2) is 0 Å². The molecule has 0 aliphatic carbocycles. The monoisotopic (exact) mass is 491 g/mol. The standard InChI is InChI=1S/C28H33N3O3S/c1-18(2)30-24(15-17-35-5)31(29-16-14-23(32)27(33)26(29)28(30)34)25(21-12-8-6-10-19(21)3)22-13-9-7-11-20(22)4/h6-14,16,18,24-25,33H,15,17H2,1-5H3. The fourth-order valence-corrected chi connectivity index (χ4v) is 5.49. The number of thioether (sulfide) groups is 1. The molecular formula is C28H33N3O3S. The zero-order valence-corrected chi connectivity index (χ0v) is 21.7. The second-order valence-electron chi connectivity index (χ2n) is 9.29. The zero-order chi connectivity index (χ0) is 25.3. The van der Waals surface area contributed by atoms with E-state index in [0.717, 1.165) is 34.4 Å². The van der Waals surface area contributed by atoms with Crippen LogP contribution in [0.15, 0.2) is 65.6 Å². The highest BCUT2D eigenvalue weighted by molar-refractivity contribution is 7.98. The molecule has 1 aromatic heterocycles. The molecular weight excluding hydrogens is 458 g/mol. The van der Waals surface area contributed by atoms with Crippen molar-refractivity contribution in [3.05, 3.63) is 99.0 Å². The topological polar surface area (TPSA) is 65.8 Å². The number of carbonyl (C=O) groups excluding carboxylic acids is 1. The highest BCUT2D eigenvalue weighted by Gasteiger charge is 2.44. The Hall–Kier alpha value is -3.19. The van der Waals surface area contributed by atoms with Crippen molar-refractivity contribution in [1.29, 1.82) is 0 Å². The van der Waals surface area contributed by atoms with Gasteiger partial charge in [0.15, 0.2) is 11.4 Å². The molecule has 0 spiro atoms. The number of aryl methyl sites for hydroxylation is 2. The lowest BCUT2D eigenvalue weighted by Gasteiger charge is -2.51. The maximum absolute atomic E-state index is 13.8. The van der Waals surface area contributed by atoms with E-state index in [-0.39, 0.29) is 29.9 Å². The Morgan fingerprint density at radius 3 is 2.03 bits per heavy atom. The number of pyridine rings is 1. The second kappa shape index (κ2) is 10.2. The lowest BCUT2D eigenvalue weighted by atomic mass is 9.90. The molecule has 7 heteroatoms. The number of hydrogen-bond donors (Lipinski definition) is 1. The second-order valence-corrected chi connectivity index (χ2v) is 10.3. The SMILES string of the molecule is CSCCC1N(C(C)C)C(=O)c2c(O)c(=O)ccn2N1C(c1ccccc1C)c1ccccc1C. The average Bonchev–Trinajstić information content (AvgIpc) is 2.83. The van der Waals surface area contributed by atoms with Crippen molar-refractivity contribution in [3.8, 4) is 5.75 Å². The summed E-state index contributed by atoms with van der Waals surface area (Å²) in [6, 6.07) is 17.5. The average molecular weight is 492 g/mol. The van der Waals surface area contributed by atoms with Crippen LogP contribution in [0.5, 0.6) is 5.75 Å². The van der Waals surface area contributed by atoms with E-state index in [0.29, 0.717) is 0 Å². The van der Waals surface area contributed by atoms with Crippen molar-refractivity contribution in [1.82, 2.24) is 9.58 Å². The summed E-state index contributed by atoms with van der Waals surface area (Å²) in [6.45, 7) is 8.14. The van der Waals surface area contributed by atoms with Gasteiger partial charge in [0.2, 0.25) is 5.43 Å². The van der Waals surface area contributed by atoms with Crippen molar-refractivity contribution in [3.63, 3.8) is 0 Å². The number of hydrogen-bond acceptors (Lipinski definition) is 5. The Balaban J connectivity index is 2.08. The molecule has 1 unspecified atom stereocenters. The molecule has 0 fully saturated rings. The molecule has 184 valence electrons. The smallest absolute Gasteiger partial charge is 0.278 e. The summed E-state index contributed by atoms with van der Waals surface area (Å²) in [6.07, 6.45) is 4.13. The predicted octanol–water partition coefficient (Wildman–Crippen LogP) is 4.84. The Bertz CT molecular complexity index is 1240. The lowest BCUT2D eigenvalue weighted by molar-refractivity contribution is 0.0458. The summed E-state index contributed by atoms with van der Waals surface area (Å²) in [5, 5.41) is 13.0. The first kappa shape index (κ1) is 24.9. The molecule has 1 amide bonds. The highest BCUT2D eigenvalue weighted by atomic mass is 32.2. The summed E-state index contributed by atoms with van der Waals surface area (Å²) in [5.41, 5.74) is 3.93. The van der Waals surface area contributed by atoms with Gasteiger partial charge in [-0.15, -0.1) is 0 Å². The maximum atomic E-state index is 13.8. The molecule has 1 N–H and O–H groups in total. The van der Waals surface area contributed by atoms with Gasteiger partial charge in [-0.3, -0.25) is 19.3 Å². The van der Waals surface area contributed by atoms with E-state index >= 15 is 0 Å². The van der Waals surface area contributed by atoms with Gasteiger partial charge in [0.05, 0.1) is 6.04 Å². The summed E-state index contributed by atoms with van der Waals surface area (Å²) >= 11 is 1.74. The Morgan fingerprint density at radius 2 is 1.51 bits per heavy atom. The van der Waals surface area contributed by atoms with E-state index in [1.54, 1.807) is 22.6 Å². The summed E-state index contributed by atoms with van der Waals surface area (Å²) in [4.78, 5) is 28.0. The molecule has 3 aromatic rings. The van der Waals surface area contributed by atoms with Crippen LogP contribution in [-0.2, 0) is 0 Å². The van der Waals surface area contributed by atoms with E-state index < -0.39 is 11.2 Å². The Labute approximate surface area is 211 Å². The quantitative estimate of drug-likeness (QED) is 0.512. The fraction of sp³-hybridized carbons (Fsp3) is 0.357. The number of amides is 1. The summed E-state index contributed by atoms with van der Waals surface area (Å²) < 4.78 is 1.71. The van der Waals surface area contributed by atoms with Gasteiger partial charge in [0.1, 0.15) is 6.17 Å². The molecule has 6 nitrogen and oxygen atoms in total. The molecule has 0 saturated heterocycles. The predicted molar refractivity (Wildman–Crippen MR) is 143 cm³/mol. The molecule has 0 radical (unpaired) electrons. The third-order valence-electron chi connectivity index (χ3n) is 6.73. The first-order valence-electron chi connectivity index (χ1n) is 11.9. The molecule has 1 aliphatic heterocycles. The molecule has 2 aromatic carbocycles. The largest absolute Gasteiger partial charge is 0.502 e. The van der Waals surface area contributed by atoms with Crippen LogP contribution in [0.4, 0.5) is 0 Å². The van der Waals surface area contributed by atoms with Crippen LogP contribution in [0.1, 0.15) is 59.1 Å². The molecule has 0 saturated carbocycles. The fourth-order valence-electron chi connectivity index (χ4n) is 5.05. The number of fused-ring (bicyclic) bond motifs is 1. The highest BCUT2D eigenvalue weighted by Crippen LogP contribution is 2.38. The van der Waals surface area contributed by atoms with Gasteiger partial charge in [-0.2, -0.15) is 11.8 Å². The third kappa shape index (κ3) is 4.45. The van der Waals surface area contributed by atoms with E-state index in [1.165, 1.54) is 6.07 Å². The molecule has 1 atom stereocenters. The van der Waals surface area contributed by atoms with Crippen LogP contribution in [0.2, 0.25) is 0 Å². The van der Waals surface area contributed by atoms with E-state index in [4.69, 9.17) is 0 Å². The number of rotatable bonds is 7. The minimum Gasteiger partial charge on any atom is -0.502 e. The number of benzene rings is 2. The first-order valence-corrected chi connectivity index (χ1v) is 13.3. The van der Waals surface area contributed by atoms with Crippen molar-refractivity contribution in [2.24, 2.45) is 0 Å². The third-order valence-corrected chi connectivity index (χ3v) is 7.38. The summed E-state index contributed by atoms with van der Waals surface area (Å²) in [7, 11) is 0. The number of nitrogens with zero attached hydrogens (tertiary/aromatic N) is 3. The van der Waals surface area contributed by atoms with Gasteiger partial charge in [-0.05, 0) is 68.4 Å². The number of aromatic nitrogens is 1.